The molecule has 148 valence electrons. The number of rotatable bonds is 5. The van der Waals surface area contributed by atoms with Crippen molar-refractivity contribution in [2.75, 3.05) is 5.32 Å². The van der Waals surface area contributed by atoms with Crippen molar-refractivity contribution in [3.05, 3.63) is 35.7 Å². The zero-order valence-electron chi connectivity index (χ0n) is 16.5. The number of hydrogen-bond acceptors (Lipinski definition) is 5. The second-order valence-corrected chi connectivity index (χ2v) is 10.5. The normalized spacial score (nSPS) is 31.7. The molecule has 1 amide bonds. The third-order valence-corrected chi connectivity index (χ3v) is 7.80. The summed E-state index contributed by atoms with van der Waals surface area (Å²) in [7, 11) is 0. The Kier molecular flexibility index (Phi) is 4.49. The Hall–Kier alpha value is -1.82. The molecule has 6 heteroatoms. The van der Waals surface area contributed by atoms with Crippen LogP contribution in [-0.2, 0) is 10.2 Å². The zero-order chi connectivity index (χ0) is 19.3. The van der Waals surface area contributed by atoms with Crippen LogP contribution in [0.25, 0.3) is 0 Å². The molecular formula is C22H27N3O2S. The molecular weight excluding hydrogens is 370 g/mol. The lowest BCUT2D eigenvalue weighted by molar-refractivity contribution is -0.115. The van der Waals surface area contributed by atoms with Crippen molar-refractivity contribution >= 4 is 23.4 Å². The highest BCUT2D eigenvalue weighted by Crippen LogP contribution is 2.60. The number of carbonyl (C=O) groups excluding carboxylic acids is 1. The number of aryl methyl sites for hydroxylation is 1. The van der Waals surface area contributed by atoms with Gasteiger partial charge in [-0.05, 0) is 82.3 Å². The molecule has 0 unspecified atom stereocenters. The summed E-state index contributed by atoms with van der Waals surface area (Å²) in [5.74, 6) is 3.29. The van der Waals surface area contributed by atoms with Crippen LogP contribution in [0.1, 0.15) is 56.9 Å². The predicted octanol–water partition coefficient (Wildman–Crippen LogP) is 4.97. The average Bonchev–Trinajstić information content (AvgIpc) is 3.12. The van der Waals surface area contributed by atoms with E-state index in [-0.39, 0.29) is 16.6 Å². The van der Waals surface area contributed by atoms with Crippen LogP contribution in [0.15, 0.2) is 33.9 Å². The maximum absolute atomic E-state index is 12.5. The first-order valence-corrected chi connectivity index (χ1v) is 11.3. The Bertz CT molecular complexity index is 841. The summed E-state index contributed by atoms with van der Waals surface area (Å²) in [5, 5.41) is 11.9. The number of hydrogen-bond donors (Lipinski definition) is 1. The molecule has 6 rings (SSSR count). The molecule has 2 aromatic rings. The molecule has 0 aliphatic heterocycles. The molecule has 1 heterocycles. The first kappa shape index (κ1) is 18.2. The molecule has 0 radical (unpaired) electrons. The van der Waals surface area contributed by atoms with Crippen molar-refractivity contribution in [2.24, 2.45) is 17.8 Å². The third-order valence-electron chi connectivity index (χ3n) is 6.86. The predicted molar refractivity (Wildman–Crippen MR) is 109 cm³/mol. The van der Waals surface area contributed by atoms with Gasteiger partial charge in [0.05, 0.1) is 5.25 Å². The van der Waals surface area contributed by atoms with Crippen molar-refractivity contribution in [3.8, 4) is 0 Å². The molecule has 1 aromatic carbocycles. The van der Waals surface area contributed by atoms with Gasteiger partial charge in [-0.1, -0.05) is 29.5 Å². The van der Waals surface area contributed by atoms with Gasteiger partial charge >= 0.3 is 0 Å². The smallest absolute Gasteiger partial charge is 0.277 e. The minimum Gasteiger partial charge on any atom is -0.415 e. The minimum atomic E-state index is -0.300. The van der Waals surface area contributed by atoms with Crippen LogP contribution in [0.3, 0.4) is 0 Å². The van der Waals surface area contributed by atoms with E-state index in [1.807, 2.05) is 38.1 Å². The molecule has 4 fully saturated rings. The number of anilines is 1. The molecule has 0 saturated heterocycles. The van der Waals surface area contributed by atoms with Crippen LogP contribution < -0.4 is 5.32 Å². The summed E-state index contributed by atoms with van der Waals surface area (Å²) in [5.41, 5.74) is 2.08. The molecule has 1 aromatic heterocycles. The number of thioether (sulfide) groups is 1. The Labute approximate surface area is 170 Å². The van der Waals surface area contributed by atoms with Crippen molar-refractivity contribution in [3.63, 3.8) is 0 Å². The lowest BCUT2D eigenvalue weighted by Gasteiger charge is -2.55. The lowest BCUT2D eigenvalue weighted by atomic mass is 9.49. The van der Waals surface area contributed by atoms with Crippen LogP contribution in [-0.4, -0.2) is 21.4 Å². The van der Waals surface area contributed by atoms with E-state index in [0.717, 1.165) is 29.3 Å². The fourth-order valence-electron chi connectivity index (χ4n) is 5.93. The SMILES string of the molecule is Cc1ccc(NC(=O)[C@@H](C)Sc2nnc(C34CC5CC(CC(C5)C3)C4)o2)cc1. The molecule has 0 spiro atoms. The van der Waals surface area contributed by atoms with Gasteiger partial charge in [0.15, 0.2) is 0 Å². The number of carbonyl (C=O) groups is 1. The molecule has 4 saturated carbocycles. The number of nitrogens with zero attached hydrogens (tertiary/aromatic N) is 2. The van der Waals surface area contributed by atoms with E-state index in [2.05, 4.69) is 15.5 Å². The van der Waals surface area contributed by atoms with Crippen LogP contribution in [0.5, 0.6) is 0 Å². The second kappa shape index (κ2) is 6.90. The Morgan fingerprint density at radius 3 is 2.32 bits per heavy atom. The summed E-state index contributed by atoms with van der Waals surface area (Å²) in [6, 6.07) is 7.82. The van der Waals surface area contributed by atoms with Gasteiger partial charge in [0.1, 0.15) is 0 Å². The summed E-state index contributed by atoms with van der Waals surface area (Å²) in [6.45, 7) is 3.91. The van der Waals surface area contributed by atoms with Gasteiger partial charge in [0.2, 0.25) is 11.8 Å². The fraction of sp³-hybridized carbons (Fsp3) is 0.591. The highest BCUT2D eigenvalue weighted by molar-refractivity contribution is 8.00. The first-order chi connectivity index (χ1) is 13.5. The molecule has 1 atom stereocenters. The van der Waals surface area contributed by atoms with Crippen molar-refractivity contribution in [1.82, 2.24) is 10.2 Å². The van der Waals surface area contributed by atoms with E-state index in [1.54, 1.807) is 0 Å². The van der Waals surface area contributed by atoms with Gasteiger partial charge in [0.25, 0.3) is 5.22 Å². The fourth-order valence-corrected chi connectivity index (χ4v) is 6.61. The number of aromatic nitrogens is 2. The minimum absolute atomic E-state index is 0.0524. The summed E-state index contributed by atoms with van der Waals surface area (Å²) in [4.78, 5) is 12.5. The van der Waals surface area contributed by atoms with Gasteiger partial charge in [-0.15, -0.1) is 10.2 Å². The van der Waals surface area contributed by atoms with E-state index in [9.17, 15) is 4.79 Å². The molecule has 4 aliphatic carbocycles. The Morgan fingerprint density at radius 2 is 1.71 bits per heavy atom. The van der Waals surface area contributed by atoms with E-state index < -0.39 is 0 Å². The van der Waals surface area contributed by atoms with Gasteiger partial charge < -0.3 is 9.73 Å². The second-order valence-electron chi connectivity index (χ2n) is 9.19. The Balaban J connectivity index is 1.25. The summed E-state index contributed by atoms with van der Waals surface area (Å²) >= 11 is 1.35. The summed E-state index contributed by atoms with van der Waals surface area (Å²) < 4.78 is 6.12. The molecule has 28 heavy (non-hydrogen) atoms. The van der Waals surface area contributed by atoms with E-state index >= 15 is 0 Å². The van der Waals surface area contributed by atoms with Crippen molar-refractivity contribution in [2.45, 2.75) is 68.3 Å². The van der Waals surface area contributed by atoms with E-state index in [0.29, 0.717) is 5.22 Å². The summed E-state index contributed by atoms with van der Waals surface area (Å²) in [6.07, 6.45) is 7.79. The van der Waals surface area contributed by atoms with Crippen molar-refractivity contribution < 1.29 is 9.21 Å². The highest BCUT2D eigenvalue weighted by atomic mass is 32.2. The largest absolute Gasteiger partial charge is 0.415 e. The van der Waals surface area contributed by atoms with Gasteiger partial charge in [0, 0.05) is 11.1 Å². The monoisotopic (exact) mass is 397 g/mol. The quantitative estimate of drug-likeness (QED) is 0.722. The molecule has 4 bridgehead atoms. The number of amides is 1. The average molecular weight is 398 g/mol. The molecule has 1 N–H and O–H groups in total. The molecule has 4 aliphatic rings. The lowest BCUT2D eigenvalue weighted by Crippen LogP contribution is -2.48. The Morgan fingerprint density at radius 1 is 1.11 bits per heavy atom. The van der Waals surface area contributed by atoms with Crippen LogP contribution in [0, 0.1) is 24.7 Å². The first-order valence-electron chi connectivity index (χ1n) is 10.4. The zero-order valence-corrected chi connectivity index (χ0v) is 17.3. The van der Waals surface area contributed by atoms with Crippen LogP contribution >= 0.6 is 11.8 Å². The maximum Gasteiger partial charge on any atom is 0.277 e. The van der Waals surface area contributed by atoms with E-state index in [4.69, 9.17) is 4.42 Å². The topological polar surface area (TPSA) is 68.0 Å². The van der Waals surface area contributed by atoms with Gasteiger partial charge in [-0.25, -0.2) is 0 Å². The van der Waals surface area contributed by atoms with Crippen LogP contribution in [0.4, 0.5) is 5.69 Å². The highest BCUT2D eigenvalue weighted by Gasteiger charge is 2.54. The van der Waals surface area contributed by atoms with Gasteiger partial charge in [-0.2, -0.15) is 0 Å². The number of benzene rings is 1. The third kappa shape index (κ3) is 3.36. The van der Waals surface area contributed by atoms with Crippen molar-refractivity contribution in [1.29, 1.82) is 0 Å². The van der Waals surface area contributed by atoms with E-state index in [1.165, 1.54) is 55.9 Å². The number of nitrogens with one attached hydrogen (secondary N) is 1. The van der Waals surface area contributed by atoms with Gasteiger partial charge in [-0.3, -0.25) is 4.79 Å². The molecule has 5 nitrogen and oxygen atoms in total. The standard InChI is InChI=1S/C22H27N3O2S/c1-13-3-5-18(6-4-13)23-19(26)14(2)28-21-25-24-20(27-21)22-10-15-7-16(11-22)9-17(8-15)12-22/h3-6,14-17H,7-12H2,1-2H3,(H,23,26)/t14-,15?,16?,17?,22?/m1/s1. The van der Waals surface area contributed by atoms with Crippen LogP contribution in [0.2, 0.25) is 0 Å². The maximum atomic E-state index is 12.5.